The summed E-state index contributed by atoms with van der Waals surface area (Å²) in [5, 5.41) is 0. The number of nitrogens with two attached hydrogens (primary N) is 1. The standard InChI is InChI=1S/C23H30FNS/c1-7-16(2)13-21(18(4)24)20-14-23(25)22(17(20)3)15-26(5,6)19-11-9-8-10-12-19/h7-13,20H,1,3,14-15,25H2,2,4-6H3/b16-13-,21-18-. The molecule has 2 rings (SSSR count). The maximum Gasteiger partial charge on any atom is 0.101 e. The molecule has 1 aliphatic carbocycles. The Morgan fingerprint density at radius 1 is 1.27 bits per heavy atom. The van der Waals surface area contributed by atoms with Gasteiger partial charge in [-0.15, -0.1) is 0 Å². The zero-order valence-electron chi connectivity index (χ0n) is 16.3. The molecule has 0 aliphatic heterocycles. The molecule has 140 valence electrons. The van der Waals surface area contributed by atoms with Crippen LogP contribution in [0.3, 0.4) is 0 Å². The van der Waals surface area contributed by atoms with Crippen LogP contribution in [0.1, 0.15) is 20.3 Å². The van der Waals surface area contributed by atoms with Crippen LogP contribution in [0.5, 0.6) is 0 Å². The van der Waals surface area contributed by atoms with Crippen molar-refractivity contribution < 1.29 is 4.39 Å². The SMILES string of the molecule is C=C/C(C)=C\C(=C(/C)F)C1CC(N)=C(CS(C)(C)c2ccccc2)C1=C. The lowest BCUT2D eigenvalue weighted by Crippen LogP contribution is -2.09. The summed E-state index contributed by atoms with van der Waals surface area (Å²) < 4.78 is 14.3. The van der Waals surface area contributed by atoms with Crippen LogP contribution >= 0.6 is 10.0 Å². The molecule has 3 heteroatoms. The van der Waals surface area contributed by atoms with E-state index in [9.17, 15) is 4.39 Å². The van der Waals surface area contributed by atoms with Gasteiger partial charge in [-0.3, -0.25) is 0 Å². The van der Waals surface area contributed by atoms with Crippen LogP contribution in [-0.4, -0.2) is 18.3 Å². The van der Waals surface area contributed by atoms with Gasteiger partial charge in [0.05, 0.1) is 0 Å². The Balaban J connectivity index is 2.31. The second-order valence-corrected chi connectivity index (χ2v) is 11.2. The van der Waals surface area contributed by atoms with E-state index in [1.807, 2.05) is 19.1 Å². The minimum atomic E-state index is -1.05. The van der Waals surface area contributed by atoms with Crippen LogP contribution < -0.4 is 5.73 Å². The summed E-state index contributed by atoms with van der Waals surface area (Å²) in [6.07, 6.45) is 8.82. The molecule has 1 unspecified atom stereocenters. The average Bonchev–Trinajstić information content (AvgIpc) is 2.87. The predicted molar refractivity (Wildman–Crippen MR) is 115 cm³/mol. The van der Waals surface area contributed by atoms with Crippen LogP contribution in [-0.2, 0) is 0 Å². The summed E-state index contributed by atoms with van der Waals surface area (Å²) in [6, 6.07) is 10.5. The molecule has 1 nitrogen and oxygen atoms in total. The fourth-order valence-electron chi connectivity index (χ4n) is 3.34. The van der Waals surface area contributed by atoms with Gasteiger partial charge in [0, 0.05) is 17.4 Å². The number of benzene rings is 1. The summed E-state index contributed by atoms with van der Waals surface area (Å²) in [5.41, 5.74) is 10.9. The van der Waals surface area contributed by atoms with Gasteiger partial charge >= 0.3 is 0 Å². The highest BCUT2D eigenvalue weighted by molar-refractivity contribution is 8.32. The van der Waals surface area contributed by atoms with Crippen LogP contribution in [0.25, 0.3) is 0 Å². The second-order valence-electron chi connectivity index (χ2n) is 7.36. The summed E-state index contributed by atoms with van der Waals surface area (Å²) in [5.74, 6) is 0.609. The van der Waals surface area contributed by atoms with Gasteiger partial charge in [-0.25, -0.2) is 14.4 Å². The summed E-state index contributed by atoms with van der Waals surface area (Å²) in [6.45, 7) is 11.5. The molecular weight excluding hydrogens is 341 g/mol. The van der Waals surface area contributed by atoms with Crippen molar-refractivity contribution in [3.8, 4) is 0 Å². The van der Waals surface area contributed by atoms with Crippen molar-refractivity contribution in [2.24, 2.45) is 11.7 Å². The Kier molecular flexibility index (Phi) is 6.35. The Morgan fingerprint density at radius 3 is 2.42 bits per heavy atom. The third kappa shape index (κ3) is 4.39. The normalized spacial score (nSPS) is 20.3. The molecular formula is C23H30FNS. The molecule has 1 aromatic carbocycles. The van der Waals surface area contributed by atoms with E-state index in [4.69, 9.17) is 5.73 Å². The molecule has 0 radical (unpaired) electrons. The van der Waals surface area contributed by atoms with Crippen LogP contribution in [0.4, 0.5) is 4.39 Å². The number of halogens is 1. The van der Waals surface area contributed by atoms with E-state index in [0.717, 1.165) is 28.2 Å². The Labute approximate surface area is 159 Å². The predicted octanol–water partition coefficient (Wildman–Crippen LogP) is 6.27. The lowest BCUT2D eigenvalue weighted by Gasteiger charge is -2.33. The second kappa shape index (κ2) is 8.13. The van der Waals surface area contributed by atoms with E-state index in [1.165, 1.54) is 11.8 Å². The number of rotatable bonds is 6. The average molecular weight is 372 g/mol. The quantitative estimate of drug-likeness (QED) is 0.586. The number of allylic oxidation sites excluding steroid dienone is 7. The molecule has 1 aliphatic rings. The van der Waals surface area contributed by atoms with Crippen molar-refractivity contribution in [2.45, 2.75) is 25.2 Å². The summed E-state index contributed by atoms with van der Waals surface area (Å²) in [4.78, 5) is 1.34. The Morgan fingerprint density at radius 2 is 1.88 bits per heavy atom. The fourth-order valence-corrected chi connectivity index (χ4v) is 5.50. The first-order valence-corrected chi connectivity index (χ1v) is 11.4. The summed E-state index contributed by atoms with van der Waals surface area (Å²) >= 11 is 0. The molecule has 0 saturated carbocycles. The minimum absolute atomic E-state index is 0.0872. The van der Waals surface area contributed by atoms with E-state index in [1.54, 1.807) is 6.08 Å². The third-order valence-corrected chi connectivity index (χ3v) is 7.54. The molecule has 0 aromatic heterocycles. The molecule has 0 spiro atoms. The maximum atomic E-state index is 14.3. The monoisotopic (exact) mass is 371 g/mol. The van der Waals surface area contributed by atoms with Crippen molar-refractivity contribution in [2.75, 3.05) is 18.3 Å². The van der Waals surface area contributed by atoms with Gasteiger partial charge in [0.25, 0.3) is 0 Å². The van der Waals surface area contributed by atoms with Crippen molar-refractivity contribution >= 4 is 10.0 Å². The highest BCUT2D eigenvalue weighted by atomic mass is 32.3. The van der Waals surface area contributed by atoms with Gasteiger partial charge in [-0.1, -0.05) is 61.2 Å². The lowest BCUT2D eigenvalue weighted by atomic mass is 9.89. The topological polar surface area (TPSA) is 26.0 Å². The van der Waals surface area contributed by atoms with Crippen molar-refractivity contribution in [3.63, 3.8) is 0 Å². The van der Waals surface area contributed by atoms with Gasteiger partial charge in [0.15, 0.2) is 0 Å². The number of hydrogen-bond acceptors (Lipinski definition) is 1. The van der Waals surface area contributed by atoms with Crippen LogP contribution in [0.2, 0.25) is 0 Å². The molecule has 26 heavy (non-hydrogen) atoms. The third-order valence-electron chi connectivity index (χ3n) is 4.98. The molecule has 1 atom stereocenters. The molecule has 1 aromatic rings. The number of hydrogen-bond donors (Lipinski definition) is 1. The van der Waals surface area contributed by atoms with E-state index in [0.29, 0.717) is 12.0 Å². The Hall–Kier alpha value is -2.00. The largest absolute Gasteiger partial charge is 0.402 e. The zero-order valence-corrected chi connectivity index (χ0v) is 17.1. The van der Waals surface area contributed by atoms with Gasteiger partial charge in [0.2, 0.25) is 0 Å². The van der Waals surface area contributed by atoms with Gasteiger partial charge < -0.3 is 5.73 Å². The summed E-state index contributed by atoms with van der Waals surface area (Å²) in [7, 11) is -1.05. The Bertz CT molecular complexity index is 793. The first kappa shape index (κ1) is 20.3. The van der Waals surface area contributed by atoms with E-state index in [-0.39, 0.29) is 11.7 Å². The van der Waals surface area contributed by atoms with Crippen molar-refractivity contribution in [1.29, 1.82) is 0 Å². The highest BCUT2D eigenvalue weighted by Gasteiger charge is 2.32. The molecule has 0 fully saturated rings. The van der Waals surface area contributed by atoms with Crippen LogP contribution in [0.15, 0.2) is 94.4 Å². The highest BCUT2D eigenvalue weighted by Crippen LogP contribution is 2.53. The van der Waals surface area contributed by atoms with Gasteiger partial charge in [0.1, 0.15) is 5.83 Å². The first-order valence-electron chi connectivity index (χ1n) is 8.77. The van der Waals surface area contributed by atoms with Crippen molar-refractivity contribution in [1.82, 2.24) is 0 Å². The first-order chi connectivity index (χ1) is 12.2. The van der Waals surface area contributed by atoms with Gasteiger partial charge in [-0.2, -0.15) is 0 Å². The lowest BCUT2D eigenvalue weighted by molar-refractivity contribution is 0.604. The zero-order chi connectivity index (χ0) is 19.5. The van der Waals surface area contributed by atoms with E-state index >= 15 is 0 Å². The van der Waals surface area contributed by atoms with Crippen molar-refractivity contribution in [3.05, 3.63) is 89.5 Å². The molecule has 0 heterocycles. The molecule has 0 bridgehead atoms. The van der Waals surface area contributed by atoms with E-state index < -0.39 is 10.0 Å². The van der Waals surface area contributed by atoms with E-state index in [2.05, 4.69) is 49.9 Å². The molecule has 0 saturated heterocycles. The smallest absolute Gasteiger partial charge is 0.101 e. The van der Waals surface area contributed by atoms with Crippen LogP contribution in [0, 0.1) is 5.92 Å². The molecule has 0 amide bonds. The molecule has 2 N–H and O–H groups in total. The van der Waals surface area contributed by atoms with Gasteiger partial charge in [-0.05, 0) is 54.4 Å². The maximum absolute atomic E-state index is 14.3. The minimum Gasteiger partial charge on any atom is -0.402 e. The fraction of sp³-hybridized carbons (Fsp3) is 0.304.